The van der Waals surface area contributed by atoms with E-state index in [4.69, 9.17) is 8.94 Å². The number of hydrogen-bond acceptors (Lipinski definition) is 5. The minimum atomic E-state index is -0.370. The quantitative estimate of drug-likeness (QED) is 0.899. The van der Waals surface area contributed by atoms with E-state index in [9.17, 15) is 5.11 Å². The van der Waals surface area contributed by atoms with Crippen LogP contribution >= 0.6 is 0 Å². The summed E-state index contributed by atoms with van der Waals surface area (Å²) in [6, 6.07) is 1.78. The van der Waals surface area contributed by atoms with Gasteiger partial charge in [-0.15, -0.1) is 0 Å². The zero-order chi connectivity index (χ0) is 12.4. The van der Waals surface area contributed by atoms with Crippen LogP contribution in [0.4, 0.5) is 0 Å². The van der Waals surface area contributed by atoms with Crippen LogP contribution in [-0.4, -0.2) is 21.4 Å². The Balaban J connectivity index is 1.66. The molecule has 96 valence electrons. The third-order valence-electron chi connectivity index (χ3n) is 3.58. The lowest BCUT2D eigenvalue weighted by Gasteiger charge is -2.14. The zero-order valence-corrected chi connectivity index (χ0v) is 10.1. The molecule has 5 nitrogen and oxygen atoms in total. The monoisotopic (exact) mass is 248 g/mol. The molecule has 1 N–H and O–H groups in total. The van der Waals surface area contributed by atoms with Crippen molar-refractivity contribution in [2.24, 2.45) is 5.92 Å². The fourth-order valence-corrected chi connectivity index (χ4v) is 2.53. The highest BCUT2D eigenvalue weighted by atomic mass is 16.5. The Morgan fingerprint density at radius 2 is 2.22 bits per heavy atom. The van der Waals surface area contributed by atoms with Crippen molar-refractivity contribution in [3.8, 4) is 11.4 Å². The van der Waals surface area contributed by atoms with Crippen LogP contribution in [0.15, 0.2) is 27.5 Å². The Morgan fingerprint density at radius 3 is 2.94 bits per heavy atom. The summed E-state index contributed by atoms with van der Waals surface area (Å²) in [4.78, 5) is 4.27. The van der Waals surface area contributed by atoms with E-state index in [0.29, 0.717) is 24.1 Å². The maximum atomic E-state index is 10.1. The molecule has 0 radical (unpaired) electrons. The molecule has 1 saturated carbocycles. The number of aliphatic hydroxyl groups excluding tert-OH is 1. The molecular formula is C13H16N2O3. The molecule has 1 fully saturated rings. The van der Waals surface area contributed by atoms with Gasteiger partial charge in [-0.25, -0.2) is 0 Å². The summed E-state index contributed by atoms with van der Waals surface area (Å²) in [7, 11) is 0. The fraction of sp³-hybridized carbons (Fsp3) is 0.538. The number of furan rings is 1. The predicted molar refractivity (Wildman–Crippen MR) is 63.7 cm³/mol. The van der Waals surface area contributed by atoms with Gasteiger partial charge in [-0.2, -0.15) is 4.98 Å². The molecule has 1 aliphatic carbocycles. The SMILES string of the molecule is OC(Cc1nc(-c2ccoc2)no1)C1CCCC1. The molecule has 0 spiro atoms. The van der Waals surface area contributed by atoms with Gasteiger partial charge in [-0.3, -0.25) is 0 Å². The predicted octanol–water partition coefficient (Wildman–Crippen LogP) is 2.42. The van der Waals surface area contributed by atoms with Crippen LogP contribution in [0.2, 0.25) is 0 Å². The fourth-order valence-electron chi connectivity index (χ4n) is 2.53. The molecule has 18 heavy (non-hydrogen) atoms. The first-order valence-electron chi connectivity index (χ1n) is 6.36. The van der Waals surface area contributed by atoms with Crippen LogP contribution in [0.25, 0.3) is 11.4 Å². The van der Waals surface area contributed by atoms with Crippen LogP contribution in [0.3, 0.4) is 0 Å². The Bertz CT molecular complexity index is 486. The van der Waals surface area contributed by atoms with E-state index in [1.807, 2.05) is 0 Å². The van der Waals surface area contributed by atoms with Gasteiger partial charge < -0.3 is 14.0 Å². The summed E-state index contributed by atoms with van der Waals surface area (Å²) < 4.78 is 10.1. The molecule has 1 atom stereocenters. The van der Waals surface area contributed by atoms with Gasteiger partial charge in [0.2, 0.25) is 11.7 Å². The van der Waals surface area contributed by atoms with E-state index >= 15 is 0 Å². The molecular weight excluding hydrogens is 232 g/mol. The zero-order valence-electron chi connectivity index (χ0n) is 10.1. The Kier molecular flexibility index (Phi) is 3.15. The van der Waals surface area contributed by atoms with E-state index in [1.165, 1.54) is 12.8 Å². The minimum absolute atomic E-state index is 0.370. The smallest absolute Gasteiger partial charge is 0.229 e. The normalized spacial score (nSPS) is 18.3. The molecule has 0 aromatic carbocycles. The minimum Gasteiger partial charge on any atom is -0.472 e. The molecule has 1 aliphatic rings. The molecule has 2 aromatic rings. The highest BCUT2D eigenvalue weighted by Crippen LogP contribution is 2.29. The van der Waals surface area contributed by atoms with Gasteiger partial charge in [0.1, 0.15) is 6.26 Å². The van der Waals surface area contributed by atoms with Gasteiger partial charge in [0.15, 0.2) is 0 Å². The second-order valence-electron chi connectivity index (χ2n) is 4.84. The summed E-state index contributed by atoms with van der Waals surface area (Å²) in [6.45, 7) is 0. The van der Waals surface area contributed by atoms with Gasteiger partial charge >= 0.3 is 0 Å². The van der Waals surface area contributed by atoms with Crippen LogP contribution in [-0.2, 0) is 6.42 Å². The maximum Gasteiger partial charge on any atom is 0.229 e. The summed E-state index contributed by atoms with van der Waals surface area (Å²) in [6.07, 6.45) is 7.84. The van der Waals surface area contributed by atoms with E-state index in [1.54, 1.807) is 18.6 Å². The highest BCUT2D eigenvalue weighted by molar-refractivity contribution is 5.51. The third-order valence-corrected chi connectivity index (χ3v) is 3.58. The summed E-state index contributed by atoms with van der Waals surface area (Å²) in [5.74, 6) is 1.39. The largest absolute Gasteiger partial charge is 0.472 e. The molecule has 3 rings (SSSR count). The highest BCUT2D eigenvalue weighted by Gasteiger charge is 2.25. The molecule has 0 bridgehead atoms. The first kappa shape index (κ1) is 11.5. The van der Waals surface area contributed by atoms with E-state index in [-0.39, 0.29) is 6.10 Å². The number of rotatable bonds is 4. The second kappa shape index (κ2) is 4.94. The molecule has 0 saturated heterocycles. The van der Waals surface area contributed by atoms with E-state index < -0.39 is 0 Å². The van der Waals surface area contributed by atoms with Gasteiger partial charge in [0, 0.05) is 0 Å². The van der Waals surface area contributed by atoms with Crippen LogP contribution < -0.4 is 0 Å². The molecule has 5 heteroatoms. The first-order valence-corrected chi connectivity index (χ1v) is 6.36. The van der Waals surface area contributed by atoms with Crippen LogP contribution in [0, 0.1) is 5.92 Å². The van der Waals surface area contributed by atoms with Crippen molar-refractivity contribution in [1.29, 1.82) is 0 Å². The number of aliphatic hydroxyl groups is 1. The summed E-state index contributed by atoms with van der Waals surface area (Å²) in [5, 5.41) is 14.0. The molecule has 1 unspecified atom stereocenters. The van der Waals surface area contributed by atoms with Crippen LogP contribution in [0.5, 0.6) is 0 Å². The van der Waals surface area contributed by atoms with Crippen molar-refractivity contribution in [1.82, 2.24) is 10.1 Å². The Hall–Kier alpha value is -1.62. The summed E-state index contributed by atoms with van der Waals surface area (Å²) >= 11 is 0. The van der Waals surface area contributed by atoms with E-state index in [2.05, 4.69) is 10.1 Å². The second-order valence-corrected chi connectivity index (χ2v) is 4.84. The van der Waals surface area contributed by atoms with Gasteiger partial charge in [0.05, 0.1) is 24.4 Å². The Labute approximate surface area is 105 Å². The van der Waals surface area contributed by atoms with Crippen LogP contribution in [0.1, 0.15) is 31.6 Å². The van der Waals surface area contributed by atoms with Gasteiger partial charge in [-0.1, -0.05) is 18.0 Å². The average Bonchev–Trinajstić information content (AvgIpc) is 3.12. The van der Waals surface area contributed by atoms with Crippen molar-refractivity contribution in [3.05, 3.63) is 24.5 Å². The average molecular weight is 248 g/mol. The van der Waals surface area contributed by atoms with Crippen molar-refractivity contribution in [2.75, 3.05) is 0 Å². The molecule has 0 amide bonds. The molecule has 0 aliphatic heterocycles. The van der Waals surface area contributed by atoms with Gasteiger partial charge in [-0.05, 0) is 24.8 Å². The van der Waals surface area contributed by atoms with Crippen molar-refractivity contribution in [2.45, 2.75) is 38.2 Å². The standard InChI is InChI=1S/C13H16N2O3/c16-11(9-3-1-2-4-9)7-12-14-13(15-18-12)10-5-6-17-8-10/h5-6,8-9,11,16H,1-4,7H2. The lowest BCUT2D eigenvalue weighted by molar-refractivity contribution is 0.102. The number of hydrogen-bond donors (Lipinski definition) is 1. The number of nitrogens with zero attached hydrogens (tertiary/aromatic N) is 2. The van der Waals surface area contributed by atoms with E-state index in [0.717, 1.165) is 18.4 Å². The van der Waals surface area contributed by atoms with Gasteiger partial charge in [0.25, 0.3) is 0 Å². The first-order chi connectivity index (χ1) is 8.83. The summed E-state index contributed by atoms with van der Waals surface area (Å²) in [5.41, 5.74) is 0.792. The van der Waals surface area contributed by atoms with Crippen molar-refractivity contribution < 1.29 is 14.0 Å². The topological polar surface area (TPSA) is 72.3 Å². The molecule has 2 aromatic heterocycles. The van der Waals surface area contributed by atoms with Crippen molar-refractivity contribution >= 4 is 0 Å². The molecule has 2 heterocycles. The number of aromatic nitrogens is 2. The Morgan fingerprint density at radius 1 is 1.39 bits per heavy atom. The lowest BCUT2D eigenvalue weighted by Crippen LogP contribution is -2.20. The third kappa shape index (κ3) is 2.31. The lowest BCUT2D eigenvalue weighted by atomic mass is 9.98. The van der Waals surface area contributed by atoms with Crippen molar-refractivity contribution in [3.63, 3.8) is 0 Å². The maximum absolute atomic E-state index is 10.1.